The molecule has 0 bridgehead atoms. The number of halogens is 1. The summed E-state index contributed by atoms with van der Waals surface area (Å²) in [6.45, 7) is 3.25. The van der Waals surface area contributed by atoms with Crippen LogP contribution >= 0.6 is 0 Å². The first-order chi connectivity index (χ1) is 14.5. The van der Waals surface area contributed by atoms with E-state index < -0.39 is 29.5 Å². The van der Waals surface area contributed by atoms with E-state index in [1.54, 1.807) is 36.4 Å². The standard InChI is InChI=1S/C22H18FN3O4/c1-2-10-24-18(27)13-26-21(28)20-19(16-8-3-4-9-17(16)30-20)25(22(26)29)12-14-6-5-7-15(23)11-14/h2-9,11H,1,10,12-13H2,(H,24,27). The van der Waals surface area contributed by atoms with E-state index in [0.717, 1.165) is 4.57 Å². The largest absolute Gasteiger partial charge is 0.449 e. The lowest BCUT2D eigenvalue weighted by molar-refractivity contribution is -0.121. The molecule has 1 N–H and O–H groups in total. The van der Waals surface area contributed by atoms with Crippen molar-refractivity contribution < 1.29 is 13.6 Å². The van der Waals surface area contributed by atoms with Crippen molar-refractivity contribution >= 4 is 28.0 Å². The number of para-hydroxylation sites is 1. The Kier molecular flexibility index (Phi) is 5.05. The van der Waals surface area contributed by atoms with Crippen molar-refractivity contribution in [3.8, 4) is 0 Å². The van der Waals surface area contributed by atoms with Gasteiger partial charge in [0.15, 0.2) is 0 Å². The Morgan fingerprint density at radius 3 is 2.70 bits per heavy atom. The molecule has 0 saturated heterocycles. The molecule has 0 unspecified atom stereocenters. The number of benzene rings is 2. The first kappa shape index (κ1) is 19.4. The lowest BCUT2D eigenvalue weighted by Crippen LogP contribution is -2.43. The molecule has 0 aliphatic heterocycles. The summed E-state index contributed by atoms with van der Waals surface area (Å²) in [5.41, 5.74) is -0.139. The molecule has 0 atom stereocenters. The average molecular weight is 407 g/mol. The van der Waals surface area contributed by atoms with Crippen LogP contribution in [0.5, 0.6) is 0 Å². The number of nitrogens with one attached hydrogen (secondary N) is 1. The number of carbonyl (C=O) groups excluding carboxylic acids is 1. The molecule has 7 nitrogen and oxygen atoms in total. The first-order valence-corrected chi connectivity index (χ1v) is 9.26. The second-order valence-electron chi connectivity index (χ2n) is 6.76. The van der Waals surface area contributed by atoms with E-state index in [2.05, 4.69) is 11.9 Å². The highest BCUT2D eigenvalue weighted by molar-refractivity contribution is 6.02. The van der Waals surface area contributed by atoms with Crippen LogP contribution in [0, 0.1) is 5.82 Å². The van der Waals surface area contributed by atoms with Crippen molar-refractivity contribution in [2.45, 2.75) is 13.1 Å². The van der Waals surface area contributed by atoms with Crippen molar-refractivity contribution in [1.29, 1.82) is 0 Å². The minimum Gasteiger partial charge on any atom is -0.449 e. The van der Waals surface area contributed by atoms with Crippen LogP contribution in [0.3, 0.4) is 0 Å². The molecule has 2 aromatic carbocycles. The van der Waals surface area contributed by atoms with Gasteiger partial charge in [-0.15, -0.1) is 6.58 Å². The summed E-state index contributed by atoms with van der Waals surface area (Å²) in [5.74, 6) is -0.951. The predicted molar refractivity (Wildman–Crippen MR) is 111 cm³/mol. The van der Waals surface area contributed by atoms with E-state index in [1.807, 2.05) is 0 Å². The normalized spacial score (nSPS) is 11.1. The monoisotopic (exact) mass is 407 g/mol. The molecule has 2 aromatic heterocycles. The van der Waals surface area contributed by atoms with Crippen LogP contribution in [0.25, 0.3) is 22.1 Å². The highest BCUT2D eigenvalue weighted by Crippen LogP contribution is 2.26. The van der Waals surface area contributed by atoms with Crippen LogP contribution in [0.4, 0.5) is 4.39 Å². The maximum atomic E-state index is 13.7. The molecule has 2 heterocycles. The lowest BCUT2D eigenvalue weighted by atomic mass is 10.2. The molecule has 0 aliphatic carbocycles. The summed E-state index contributed by atoms with van der Waals surface area (Å²) in [6.07, 6.45) is 1.49. The molecule has 152 valence electrons. The number of furan rings is 1. The van der Waals surface area contributed by atoms with Gasteiger partial charge in [-0.2, -0.15) is 0 Å². The quantitative estimate of drug-likeness (QED) is 0.498. The predicted octanol–water partition coefficient (Wildman–Crippen LogP) is 2.40. The molecular weight excluding hydrogens is 389 g/mol. The molecular formula is C22H18FN3O4. The highest BCUT2D eigenvalue weighted by atomic mass is 19.1. The van der Waals surface area contributed by atoms with E-state index in [0.29, 0.717) is 22.0 Å². The van der Waals surface area contributed by atoms with Gasteiger partial charge in [0.1, 0.15) is 23.5 Å². The Morgan fingerprint density at radius 2 is 1.93 bits per heavy atom. The Bertz CT molecular complexity index is 1400. The summed E-state index contributed by atoms with van der Waals surface area (Å²) in [6, 6.07) is 12.8. The molecule has 8 heteroatoms. The van der Waals surface area contributed by atoms with Gasteiger partial charge < -0.3 is 9.73 Å². The highest BCUT2D eigenvalue weighted by Gasteiger charge is 2.21. The molecule has 0 spiro atoms. The van der Waals surface area contributed by atoms with E-state index in [1.165, 1.54) is 22.8 Å². The van der Waals surface area contributed by atoms with Gasteiger partial charge in [0, 0.05) is 11.9 Å². The van der Waals surface area contributed by atoms with Gasteiger partial charge in [-0.1, -0.05) is 30.3 Å². The third-order valence-corrected chi connectivity index (χ3v) is 4.72. The third kappa shape index (κ3) is 3.43. The SMILES string of the molecule is C=CCNC(=O)Cn1c(=O)c2oc3ccccc3c2n(Cc2cccc(F)c2)c1=O. The van der Waals surface area contributed by atoms with Crippen LogP contribution in [-0.2, 0) is 17.9 Å². The number of nitrogens with zero attached hydrogens (tertiary/aromatic N) is 2. The Hall–Kier alpha value is -3.94. The minimum absolute atomic E-state index is 0.00514. The number of fused-ring (bicyclic) bond motifs is 3. The summed E-state index contributed by atoms with van der Waals surface area (Å²) >= 11 is 0. The van der Waals surface area contributed by atoms with Gasteiger partial charge >= 0.3 is 5.69 Å². The van der Waals surface area contributed by atoms with Crippen molar-refractivity contribution in [1.82, 2.24) is 14.5 Å². The van der Waals surface area contributed by atoms with E-state index in [4.69, 9.17) is 4.42 Å². The zero-order valence-electron chi connectivity index (χ0n) is 15.9. The average Bonchev–Trinajstić information content (AvgIpc) is 3.12. The number of carbonyl (C=O) groups is 1. The van der Waals surface area contributed by atoms with Crippen LogP contribution < -0.4 is 16.6 Å². The number of amides is 1. The van der Waals surface area contributed by atoms with Crippen molar-refractivity contribution in [2.75, 3.05) is 6.54 Å². The van der Waals surface area contributed by atoms with Gasteiger partial charge in [0.05, 0.1) is 6.54 Å². The fourth-order valence-corrected chi connectivity index (χ4v) is 3.39. The number of aromatic nitrogens is 2. The van der Waals surface area contributed by atoms with Crippen LogP contribution in [-0.4, -0.2) is 21.6 Å². The zero-order valence-corrected chi connectivity index (χ0v) is 15.9. The van der Waals surface area contributed by atoms with E-state index in [9.17, 15) is 18.8 Å². The van der Waals surface area contributed by atoms with Gasteiger partial charge in [-0.3, -0.25) is 14.2 Å². The Morgan fingerprint density at radius 1 is 1.13 bits per heavy atom. The smallest absolute Gasteiger partial charge is 0.332 e. The fraction of sp³-hybridized carbons (Fsp3) is 0.136. The Balaban J connectivity index is 1.96. The third-order valence-electron chi connectivity index (χ3n) is 4.72. The summed E-state index contributed by atoms with van der Waals surface area (Å²) in [7, 11) is 0. The summed E-state index contributed by atoms with van der Waals surface area (Å²) < 4.78 is 21.6. The van der Waals surface area contributed by atoms with Crippen molar-refractivity contribution in [3.05, 3.63) is 93.4 Å². The fourth-order valence-electron chi connectivity index (χ4n) is 3.39. The maximum Gasteiger partial charge on any atom is 0.332 e. The van der Waals surface area contributed by atoms with Crippen molar-refractivity contribution in [3.63, 3.8) is 0 Å². The number of hydrogen-bond acceptors (Lipinski definition) is 4. The zero-order chi connectivity index (χ0) is 21.3. The number of hydrogen-bond donors (Lipinski definition) is 1. The molecule has 4 aromatic rings. The minimum atomic E-state index is -0.699. The van der Waals surface area contributed by atoms with Gasteiger partial charge in [0.2, 0.25) is 11.5 Å². The molecule has 0 fully saturated rings. The second kappa shape index (κ2) is 7.82. The topological polar surface area (TPSA) is 86.2 Å². The number of rotatable bonds is 6. The van der Waals surface area contributed by atoms with Crippen LogP contribution in [0.15, 0.2) is 75.2 Å². The van der Waals surface area contributed by atoms with E-state index in [-0.39, 0.29) is 18.7 Å². The molecule has 0 saturated carbocycles. The second-order valence-corrected chi connectivity index (χ2v) is 6.76. The van der Waals surface area contributed by atoms with Gasteiger partial charge in [-0.05, 0) is 29.8 Å². The Labute approximate surface area is 169 Å². The summed E-state index contributed by atoms with van der Waals surface area (Å²) in [5, 5.41) is 3.13. The van der Waals surface area contributed by atoms with E-state index >= 15 is 0 Å². The first-order valence-electron chi connectivity index (χ1n) is 9.26. The molecule has 4 rings (SSSR count). The molecule has 0 radical (unpaired) electrons. The lowest BCUT2D eigenvalue weighted by Gasteiger charge is -2.12. The van der Waals surface area contributed by atoms with Crippen LogP contribution in [0.2, 0.25) is 0 Å². The molecule has 30 heavy (non-hydrogen) atoms. The molecule has 1 amide bonds. The van der Waals surface area contributed by atoms with Crippen LogP contribution in [0.1, 0.15) is 5.56 Å². The maximum absolute atomic E-state index is 13.7. The molecule has 0 aliphatic rings. The van der Waals surface area contributed by atoms with Gasteiger partial charge in [-0.25, -0.2) is 13.8 Å². The summed E-state index contributed by atoms with van der Waals surface area (Å²) in [4.78, 5) is 38.4. The van der Waals surface area contributed by atoms with Crippen molar-refractivity contribution in [2.24, 2.45) is 0 Å². The van der Waals surface area contributed by atoms with Gasteiger partial charge in [0.25, 0.3) is 5.56 Å².